The average Bonchev–Trinajstić information content (AvgIpc) is 2.43. The van der Waals surface area contributed by atoms with E-state index >= 15 is 0 Å². The van der Waals surface area contributed by atoms with Crippen LogP contribution >= 0.6 is 0 Å². The fourth-order valence-electron chi connectivity index (χ4n) is 2.97. The Kier molecular flexibility index (Phi) is 7.54. The molecule has 1 N–H and O–H groups in total. The first kappa shape index (κ1) is 18.8. The zero-order valence-electron chi connectivity index (χ0n) is 13.2. The summed E-state index contributed by atoms with van der Waals surface area (Å²) in [5, 5.41) is 3.43. The van der Waals surface area contributed by atoms with E-state index in [0.717, 1.165) is 19.4 Å². The second kappa shape index (κ2) is 8.42. The lowest BCUT2D eigenvalue weighted by Gasteiger charge is -2.34. The molecule has 126 valence electrons. The third kappa shape index (κ3) is 7.04. The molecule has 0 saturated heterocycles. The van der Waals surface area contributed by atoms with Gasteiger partial charge in [-0.25, -0.2) is 17.2 Å². The topological polar surface area (TPSA) is 46.2 Å². The Labute approximate surface area is 127 Å². The van der Waals surface area contributed by atoms with Crippen LogP contribution < -0.4 is 5.32 Å². The number of hydrogen-bond acceptors (Lipinski definition) is 3. The van der Waals surface area contributed by atoms with Gasteiger partial charge in [0.15, 0.2) is 0 Å². The minimum atomic E-state index is -2.93. The van der Waals surface area contributed by atoms with Gasteiger partial charge in [-0.1, -0.05) is 13.8 Å². The van der Waals surface area contributed by atoms with Crippen molar-refractivity contribution in [2.24, 2.45) is 5.92 Å². The summed E-state index contributed by atoms with van der Waals surface area (Å²) in [5.41, 5.74) is 0. The molecule has 1 atom stereocenters. The smallest absolute Gasteiger partial charge is 0.248 e. The molecule has 6 heteroatoms. The highest BCUT2D eigenvalue weighted by molar-refractivity contribution is 7.91. The van der Waals surface area contributed by atoms with Gasteiger partial charge in [0, 0.05) is 24.6 Å². The van der Waals surface area contributed by atoms with Crippen LogP contribution in [0.25, 0.3) is 0 Å². The predicted octanol–water partition coefficient (Wildman–Crippen LogP) is 3.40. The molecular weight excluding hydrogens is 296 g/mol. The molecule has 1 saturated carbocycles. The van der Waals surface area contributed by atoms with Crippen LogP contribution in [-0.4, -0.2) is 38.4 Å². The normalized spacial score (nSPS) is 21.3. The quantitative estimate of drug-likeness (QED) is 0.707. The molecule has 1 aliphatic carbocycles. The van der Waals surface area contributed by atoms with Gasteiger partial charge in [-0.15, -0.1) is 0 Å². The van der Waals surface area contributed by atoms with E-state index in [1.807, 2.05) is 0 Å². The van der Waals surface area contributed by atoms with Crippen molar-refractivity contribution >= 4 is 9.84 Å². The van der Waals surface area contributed by atoms with Crippen molar-refractivity contribution in [1.29, 1.82) is 0 Å². The Morgan fingerprint density at radius 1 is 1.24 bits per heavy atom. The van der Waals surface area contributed by atoms with Crippen molar-refractivity contribution in [1.82, 2.24) is 5.32 Å². The third-order valence-electron chi connectivity index (χ3n) is 4.40. The number of sulfone groups is 1. The fraction of sp³-hybridized carbons (Fsp3) is 1.00. The monoisotopic (exact) mass is 325 g/mol. The highest BCUT2D eigenvalue weighted by Crippen LogP contribution is 2.38. The predicted molar refractivity (Wildman–Crippen MR) is 82.5 cm³/mol. The minimum absolute atomic E-state index is 0.0325. The van der Waals surface area contributed by atoms with Gasteiger partial charge < -0.3 is 5.32 Å². The summed E-state index contributed by atoms with van der Waals surface area (Å²) in [6.45, 7) is 4.59. The van der Waals surface area contributed by atoms with Gasteiger partial charge >= 0.3 is 0 Å². The highest BCUT2D eigenvalue weighted by atomic mass is 32.2. The minimum Gasteiger partial charge on any atom is -0.314 e. The first-order chi connectivity index (χ1) is 9.79. The summed E-state index contributed by atoms with van der Waals surface area (Å²) in [6, 6.07) is 0.174. The van der Waals surface area contributed by atoms with E-state index in [2.05, 4.69) is 12.2 Å². The Bertz CT molecular complexity index is 388. The van der Waals surface area contributed by atoms with Crippen LogP contribution in [0.2, 0.25) is 0 Å². The third-order valence-corrected chi connectivity index (χ3v) is 6.19. The van der Waals surface area contributed by atoms with Gasteiger partial charge in [0.25, 0.3) is 0 Å². The standard InChI is InChI=1S/C15H29F2NO2S/c1-3-11-18-14(6-5-12-21(19,20)4-2)13-7-9-15(16,17)10-8-13/h13-14,18H,3-12H2,1-2H3. The second-order valence-corrected chi connectivity index (χ2v) is 8.61. The van der Waals surface area contributed by atoms with Gasteiger partial charge in [-0.3, -0.25) is 0 Å². The Morgan fingerprint density at radius 3 is 2.38 bits per heavy atom. The zero-order valence-corrected chi connectivity index (χ0v) is 14.0. The summed E-state index contributed by atoms with van der Waals surface area (Å²) in [7, 11) is -2.93. The number of halogens is 2. The second-order valence-electron chi connectivity index (χ2n) is 6.13. The summed E-state index contributed by atoms with van der Waals surface area (Å²) >= 11 is 0. The summed E-state index contributed by atoms with van der Waals surface area (Å²) in [5.74, 6) is -1.87. The van der Waals surface area contributed by atoms with Crippen LogP contribution in [0.5, 0.6) is 0 Å². The van der Waals surface area contributed by atoms with Crippen LogP contribution in [0, 0.1) is 5.92 Å². The number of nitrogens with one attached hydrogen (secondary N) is 1. The molecule has 0 radical (unpaired) electrons. The van der Waals surface area contributed by atoms with Crippen LogP contribution in [0.1, 0.15) is 58.8 Å². The molecule has 0 aromatic rings. The molecule has 0 spiro atoms. The lowest BCUT2D eigenvalue weighted by molar-refractivity contribution is -0.0498. The molecule has 0 aliphatic heterocycles. The van der Waals surface area contributed by atoms with Crippen molar-refractivity contribution in [2.45, 2.75) is 70.8 Å². The van der Waals surface area contributed by atoms with Crippen LogP contribution in [-0.2, 0) is 9.84 Å². The Balaban J connectivity index is 2.48. The van der Waals surface area contributed by atoms with Crippen molar-refractivity contribution in [3.8, 4) is 0 Å². The molecule has 0 amide bonds. The van der Waals surface area contributed by atoms with Crippen molar-refractivity contribution in [3.63, 3.8) is 0 Å². The zero-order chi connectivity index (χ0) is 15.9. The highest BCUT2D eigenvalue weighted by Gasteiger charge is 2.37. The van der Waals surface area contributed by atoms with E-state index in [1.165, 1.54) is 0 Å². The summed E-state index contributed by atoms with van der Waals surface area (Å²) in [4.78, 5) is 0. The Hall–Kier alpha value is -0.230. The van der Waals surface area contributed by atoms with Crippen LogP contribution in [0.3, 0.4) is 0 Å². The van der Waals surface area contributed by atoms with Crippen LogP contribution in [0.4, 0.5) is 8.78 Å². The molecule has 0 heterocycles. The molecular formula is C15H29F2NO2S. The lowest BCUT2D eigenvalue weighted by atomic mass is 9.80. The average molecular weight is 325 g/mol. The van der Waals surface area contributed by atoms with Crippen molar-refractivity contribution in [2.75, 3.05) is 18.1 Å². The lowest BCUT2D eigenvalue weighted by Crippen LogP contribution is -2.40. The van der Waals surface area contributed by atoms with E-state index in [1.54, 1.807) is 6.92 Å². The maximum absolute atomic E-state index is 13.2. The molecule has 0 aromatic heterocycles. The summed E-state index contributed by atoms with van der Waals surface area (Å²) < 4.78 is 49.6. The molecule has 3 nitrogen and oxygen atoms in total. The molecule has 1 aliphatic rings. The molecule has 1 rings (SSSR count). The molecule has 21 heavy (non-hydrogen) atoms. The largest absolute Gasteiger partial charge is 0.314 e. The molecule has 1 unspecified atom stereocenters. The van der Waals surface area contributed by atoms with Gasteiger partial charge in [0.1, 0.15) is 9.84 Å². The molecule has 0 bridgehead atoms. The van der Waals surface area contributed by atoms with E-state index in [0.29, 0.717) is 19.3 Å². The maximum Gasteiger partial charge on any atom is 0.248 e. The number of hydrogen-bond donors (Lipinski definition) is 1. The van der Waals surface area contributed by atoms with E-state index < -0.39 is 15.8 Å². The van der Waals surface area contributed by atoms with Gasteiger partial charge in [-0.2, -0.15) is 0 Å². The Morgan fingerprint density at radius 2 is 1.86 bits per heavy atom. The summed E-state index contributed by atoms with van der Waals surface area (Å²) in [6.07, 6.45) is 3.38. The van der Waals surface area contributed by atoms with Crippen LogP contribution in [0.15, 0.2) is 0 Å². The molecule has 0 aromatic carbocycles. The van der Waals surface area contributed by atoms with Gasteiger partial charge in [-0.05, 0) is 44.6 Å². The van der Waals surface area contributed by atoms with Gasteiger partial charge in [0.05, 0.1) is 5.75 Å². The van der Waals surface area contributed by atoms with E-state index in [-0.39, 0.29) is 36.3 Å². The van der Waals surface area contributed by atoms with E-state index in [4.69, 9.17) is 0 Å². The maximum atomic E-state index is 13.2. The first-order valence-electron chi connectivity index (χ1n) is 8.11. The first-order valence-corrected chi connectivity index (χ1v) is 9.93. The fourth-order valence-corrected chi connectivity index (χ4v) is 3.86. The van der Waals surface area contributed by atoms with Gasteiger partial charge in [0.2, 0.25) is 5.92 Å². The number of rotatable bonds is 9. The molecule has 1 fully saturated rings. The number of alkyl halides is 2. The van der Waals surface area contributed by atoms with Crippen molar-refractivity contribution < 1.29 is 17.2 Å². The van der Waals surface area contributed by atoms with Crippen molar-refractivity contribution in [3.05, 3.63) is 0 Å². The SMILES string of the molecule is CCCNC(CCCS(=O)(=O)CC)C1CCC(F)(F)CC1. The van der Waals surface area contributed by atoms with E-state index in [9.17, 15) is 17.2 Å².